The first kappa shape index (κ1) is 12.7. The highest BCUT2D eigenvalue weighted by Gasteiger charge is 2.04. The van der Waals surface area contributed by atoms with E-state index in [0.29, 0.717) is 5.25 Å². The number of hydrogen-bond donors (Lipinski definition) is 1. The predicted molar refractivity (Wildman–Crippen MR) is 80.4 cm³/mol. The van der Waals surface area contributed by atoms with Crippen LogP contribution in [-0.4, -0.2) is 23.0 Å². The van der Waals surface area contributed by atoms with Gasteiger partial charge >= 0.3 is 0 Å². The lowest BCUT2D eigenvalue weighted by atomic mass is 10.2. The summed E-state index contributed by atoms with van der Waals surface area (Å²) < 4.78 is 1.27. The van der Waals surface area contributed by atoms with Crippen molar-refractivity contribution in [2.75, 3.05) is 18.1 Å². The third-order valence-corrected chi connectivity index (χ3v) is 4.79. The molecule has 1 heterocycles. The maximum absolute atomic E-state index is 4.58. The molecule has 0 amide bonds. The zero-order chi connectivity index (χ0) is 12.3. The molecule has 0 saturated heterocycles. The lowest BCUT2D eigenvalue weighted by Crippen LogP contribution is -2.07. The van der Waals surface area contributed by atoms with Gasteiger partial charge in [0.1, 0.15) is 0 Å². The van der Waals surface area contributed by atoms with Crippen LogP contribution in [0, 0.1) is 6.92 Å². The molecular weight excluding hydrogens is 248 g/mol. The molecule has 0 aliphatic carbocycles. The minimum Gasteiger partial charge on any atom is -0.361 e. The number of anilines is 1. The van der Waals surface area contributed by atoms with Crippen LogP contribution in [0.1, 0.15) is 18.9 Å². The summed E-state index contributed by atoms with van der Waals surface area (Å²) in [6.45, 7) is 5.38. The maximum Gasteiger partial charge on any atom is 0.183 e. The van der Waals surface area contributed by atoms with Crippen LogP contribution in [0.15, 0.2) is 18.2 Å². The molecule has 0 fully saturated rings. The summed E-state index contributed by atoms with van der Waals surface area (Å²) in [6.07, 6.45) is 3.33. The van der Waals surface area contributed by atoms with E-state index in [1.807, 2.05) is 11.8 Å². The molecule has 1 aromatic heterocycles. The van der Waals surface area contributed by atoms with Crippen LogP contribution in [0.3, 0.4) is 0 Å². The van der Waals surface area contributed by atoms with Crippen LogP contribution in [0.5, 0.6) is 0 Å². The Bertz CT molecular complexity index is 493. The van der Waals surface area contributed by atoms with Crippen LogP contribution < -0.4 is 5.32 Å². The fourth-order valence-corrected chi connectivity index (χ4v) is 2.95. The van der Waals surface area contributed by atoms with E-state index >= 15 is 0 Å². The molecule has 0 spiro atoms. The van der Waals surface area contributed by atoms with Gasteiger partial charge < -0.3 is 5.32 Å². The molecule has 0 aliphatic rings. The van der Waals surface area contributed by atoms with Crippen molar-refractivity contribution in [3.8, 4) is 0 Å². The lowest BCUT2D eigenvalue weighted by Gasteiger charge is -2.07. The van der Waals surface area contributed by atoms with Gasteiger partial charge in [-0.15, -0.1) is 0 Å². The van der Waals surface area contributed by atoms with Crippen LogP contribution in [0.25, 0.3) is 10.2 Å². The van der Waals surface area contributed by atoms with Gasteiger partial charge in [0.05, 0.1) is 10.2 Å². The largest absolute Gasteiger partial charge is 0.361 e. The topological polar surface area (TPSA) is 24.9 Å². The molecule has 1 aromatic carbocycles. The zero-order valence-electron chi connectivity index (χ0n) is 10.5. The average Bonchev–Trinajstić information content (AvgIpc) is 2.70. The van der Waals surface area contributed by atoms with Gasteiger partial charge in [-0.05, 0) is 37.3 Å². The molecule has 0 radical (unpaired) electrons. The van der Waals surface area contributed by atoms with E-state index in [1.54, 1.807) is 11.3 Å². The number of rotatable bonds is 5. The monoisotopic (exact) mass is 266 g/mol. The van der Waals surface area contributed by atoms with Crippen LogP contribution in [-0.2, 0) is 0 Å². The van der Waals surface area contributed by atoms with Gasteiger partial charge in [0, 0.05) is 11.8 Å². The highest BCUT2D eigenvalue weighted by Crippen LogP contribution is 2.26. The summed E-state index contributed by atoms with van der Waals surface area (Å²) in [6, 6.07) is 6.40. The molecule has 1 atom stereocenters. The van der Waals surface area contributed by atoms with Gasteiger partial charge in [0.15, 0.2) is 5.13 Å². The average molecular weight is 266 g/mol. The van der Waals surface area contributed by atoms with Crippen LogP contribution >= 0.6 is 23.1 Å². The van der Waals surface area contributed by atoms with E-state index < -0.39 is 0 Å². The predicted octanol–water partition coefficient (Wildman–Crippen LogP) is 4.16. The van der Waals surface area contributed by atoms with Crippen molar-refractivity contribution in [2.24, 2.45) is 0 Å². The molecule has 0 aliphatic heterocycles. The van der Waals surface area contributed by atoms with Crippen molar-refractivity contribution in [3.05, 3.63) is 23.8 Å². The third kappa shape index (κ3) is 3.36. The fourth-order valence-electron chi connectivity index (χ4n) is 1.61. The highest BCUT2D eigenvalue weighted by molar-refractivity contribution is 7.99. The number of nitrogens with one attached hydrogen (secondary N) is 1. The SMILES string of the molecule is CSC(C)CCNc1nc2ccc(C)cc2s1. The molecule has 1 N–H and O–H groups in total. The summed E-state index contributed by atoms with van der Waals surface area (Å²) in [5.41, 5.74) is 2.39. The third-order valence-electron chi connectivity index (χ3n) is 2.77. The molecule has 17 heavy (non-hydrogen) atoms. The molecule has 2 rings (SSSR count). The normalized spacial score (nSPS) is 12.9. The molecule has 92 valence electrons. The Morgan fingerprint density at radius 3 is 3.06 bits per heavy atom. The first-order chi connectivity index (χ1) is 8.19. The number of hydrogen-bond acceptors (Lipinski definition) is 4. The summed E-state index contributed by atoms with van der Waals surface area (Å²) in [5.74, 6) is 0. The Morgan fingerprint density at radius 1 is 1.47 bits per heavy atom. The summed E-state index contributed by atoms with van der Waals surface area (Å²) >= 11 is 3.65. The molecule has 0 saturated carbocycles. The molecule has 4 heteroatoms. The van der Waals surface area contributed by atoms with Gasteiger partial charge in [-0.25, -0.2) is 4.98 Å². The zero-order valence-corrected chi connectivity index (χ0v) is 12.1. The van der Waals surface area contributed by atoms with Gasteiger partial charge in [-0.1, -0.05) is 24.3 Å². The van der Waals surface area contributed by atoms with Crippen molar-refractivity contribution in [3.63, 3.8) is 0 Å². The summed E-state index contributed by atoms with van der Waals surface area (Å²) in [5, 5.41) is 5.16. The number of aromatic nitrogens is 1. The number of thiazole rings is 1. The number of nitrogens with zero attached hydrogens (tertiary/aromatic N) is 1. The first-order valence-electron chi connectivity index (χ1n) is 5.83. The van der Waals surface area contributed by atoms with Crippen LogP contribution in [0.2, 0.25) is 0 Å². The minimum atomic E-state index is 0.708. The van der Waals surface area contributed by atoms with Crippen molar-refractivity contribution in [2.45, 2.75) is 25.5 Å². The molecule has 2 aromatic rings. The highest BCUT2D eigenvalue weighted by atomic mass is 32.2. The Hall–Kier alpha value is -0.740. The summed E-state index contributed by atoms with van der Waals surface area (Å²) in [7, 11) is 0. The van der Waals surface area contributed by atoms with Crippen molar-refractivity contribution >= 4 is 38.4 Å². The summed E-state index contributed by atoms with van der Waals surface area (Å²) in [4.78, 5) is 4.58. The van der Waals surface area contributed by atoms with E-state index in [1.165, 1.54) is 16.7 Å². The standard InChI is InChI=1S/C13H18N2S2/c1-9-4-5-11-12(8-9)17-13(15-11)14-7-6-10(2)16-3/h4-5,8,10H,6-7H2,1-3H3,(H,14,15). The second-order valence-electron chi connectivity index (χ2n) is 4.25. The van der Waals surface area contributed by atoms with Gasteiger partial charge in [-0.2, -0.15) is 11.8 Å². The Labute approximate surface area is 111 Å². The maximum atomic E-state index is 4.58. The van der Waals surface area contributed by atoms with E-state index in [2.05, 4.69) is 48.6 Å². The van der Waals surface area contributed by atoms with E-state index in [9.17, 15) is 0 Å². The van der Waals surface area contributed by atoms with E-state index in [-0.39, 0.29) is 0 Å². The quantitative estimate of drug-likeness (QED) is 0.879. The van der Waals surface area contributed by atoms with Crippen molar-refractivity contribution in [1.29, 1.82) is 0 Å². The second-order valence-corrected chi connectivity index (χ2v) is 6.56. The second kappa shape index (κ2) is 5.74. The Morgan fingerprint density at radius 2 is 2.29 bits per heavy atom. The van der Waals surface area contributed by atoms with Gasteiger partial charge in [-0.3, -0.25) is 0 Å². The number of fused-ring (bicyclic) bond motifs is 1. The number of thioether (sulfide) groups is 1. The first-order valence-corrected chi connectivity index (χ1v) is 7.93. The number of benzene rings is 1. The Kier molecular flexibility index (Phi) is 4.29. The number of aryl methyl sites for hydroxylation is 1. The van der Waals surface area contributed by atoms with E-state index in [4.69, 9.17) is 0 Å². The van der Waals surface area contributed by atoms with Crippen LogP contribution in [0.4, 0.5) is 5.13 Å². The minimum absolute atomic E-state index is 0.708. The Balaban J connectivity index is 1.99. The smallest absolute Gasteiger partial charge is 0.183 e. The van der Waals surface area contributed by atoms with Crippen molar-refractivity contribution in [1.82, 2.24) is 4.98 Å². The molecule has 0 bridgehead atoms. The van der Waals surface area contributed by atoms with Gasteiger partial charge in [0.2, 0.25) is 0 Å². The van der Waals surface area contributed by atoms with Gasteiger partial charge in [0.25, 0.3) is 0 Å². The molecular formula is C13H18N2S2. The molecule has 1 unspecified atom stereocenters. The van der Waals surface area contributed by atoms with Crippen molar-refractivity contribution < 1.29 is 0 Å². The fraction of sp³-hybridized carbons (Fsp3) is 0.462. The molecule has 2 nitrogen and oxygen atoms in total. The van der Waals surface area contributed by atoms with E-state index in [0.717, 1.165) is 17.2 Å². The lowest BCUT2D eigenvalue weighted by molar-refractivity contribution is 0.853.